The van der Waals surface area contributed by atoms with E-state index in [4.69, 9.17) is 4.74 Å². The standard InChI is InChI=1S/C11H13NO4S/c1-15-11-5-3-4-8-9(11)6-7-10(8)12-16-17(2,13)14/h3-5H,6-7H2,1-2H3/b12-10+. The molecule has 92 valence electrons. The molecule has 0 saturated heterocycles. The van der Waals surface area contributed by atoms with Crippen LogP contribution in [0.15, 0.2) is 23.4 Å². The van der Waals surface area contributed by atoms with Crippen LogP contribution >= 0.6 is 0 Å². The summed E-state index contributed by atoms with van der Waals surface area (Å²) >= 11 is 0. The lowest BCUT2D eigenvalue weighted by molar-refractivity contribution is 0.342. The van der Waals surface area contributed by atoms with Gasteiger partial charge in [0, 0.05) is 11.1 Å². The number of oxime groups is 1. The van der Waals surface area contributed by atoms with Gasteiger partial charge < -0.3 is 4.74 Å². The van der Waals surface area contributed by atoms with Crippen molar-refractivity contribution in [3.05, 3.63) is 29.3 Å². The lowest BCUT2D eigenvalue weighted by atomic mass is 10.1. The van der Waals surface area contributed by atoms with Gasteiger partial charge in [0.05, 0.1) is 19.1 Å². The molecule has 0 bridgehead atoms. The quantitative estimate of drug-likeness (QED) is 0.764. The molecule has 17 heavy (non-hydrogen) atoms. The lowest BCUT2D eigenvalue weighted by Crippen LogP contribution is -2.02. The van der Waals surface area contributed by atoms with Gasteiger partial charge >= 0.3 is 10.1 Å². The highest BCUT2D eigenvalue weighted by molar-refractivity contribution is 7.85. The first kappa shape index (κ1) is 11.9. The van der Waals surface area contributed by atoms with E-state index in [9.17, 15) is 8.42 Å². The Hall–Kier alpha value is -1.56. The Morgan fingerprint density at radius 2 is 2.06 bits per heavy atom. The predicted molar refractivity (Wildman–Crippen MR) is 63.8 cm³/mol. The van der Waals surface area contributed by atoms with Crippen molar-refractivity contribution in [1.29, 1.82) is 0 Å². The van der Waals surface area contributed by atoms with Gasteiger partial charge in [-0.05, 0) is 18.9 Å². The number of benzene rings is 1. The molecular formula is C11H13NO4S. The second-order valence-electron chi connectivity index (χ2n) is 3.80. The number of ether oxygens (including phenoxy) is 1. The van der Waals surface area contributed by atoms with Crippen molar-refractivity contribution in [2.75, 3.05) is 13.4 Å². The highest BCUT2D eigenvalue weighted by atomic mass is 32.2. The fourth-order valence-corrected chi connectivity index (χ4v) is 2.10. The summed E-state index contributed by atoms with van der Waals surface area (Å²) in [5, 5.41) is 3.68. The van der Waals surface area contributed by atoms with E-state index in [-0.39, 0.29) is 0 Å². The summed E-state index contributed by atoms with van der Waals surface area (Å²) in [6.45, 7) is 0. The Morgan fingerprint density at radius 3 is 2.71 bits per heavy atom. The van der Waals surface area contributed by atoms with Crippen LogP contribution in [0.3, 0.4) is 0 Å². The minimum Gasteiger partial charge on any atom is -0.496 e. The Kier molecular flexibility index (Phi) is 3.06. The molecule has 0 aliphatic heterocycles. The van der Waals surface area contributed by atoms with Crippen molar-refractivity contribution in [1.82, 2.24) is 0 Å². The Balaban J connectivity index is 2.35. The van der Waals surface area contributed by atoms with Crippen molar-refractivity contribution < 1.29 is 17.4 Å². The first-order valence-electron chi connectivity index (χ1n) is 5.13. The summed E-state index contributed by atoms with van der Waals surface area (Å²) in [6, 6.07) is 5.60. The molecule has 0 heterocycles. The third kappa shape index (κ3) is 2.58. The average Bonchev–Trinajstić information content (AvgIpc) is 2.68. The van der Waals surface area contributed by atoms with Gasteiger partial charge in [-0.1, -0.05) is 17.3 Å². The van der Waals surface area contributed by atoms with Crippen molar-refractivity contribution in [3.8, 4) is 5.75 Å². The molecule has 0 saturated carbocycles. The van der Waals surface area contributed by atoms with Gasteiger partial charge in [-0.3, -0.25) is 4.28 Å². The minimum atomic E-state index is -3.55. The largest absolute Gasteiger partial charge is 0.496 e. The molecule has 2 rings (SSSR count). The third-order valence-corrected chi connectivity index (χ3v) is 2.90. The molecule has 0 unspecified atom stereocenters. The zero-order chi connectivity index (χ0) is 12.5. The Morgan fingerprint density at radius 1 is 1.29 bits per heavy atom. The van der Waals surface area contributed by atoms with Gasteiger partial charge in [-0.2, -0.15) is 8.42 Å². The van der Waals surface area contributed by atoms with Crippen LogP contribution in [0.4, 0.5) is 0 Å². The molecule has 0 N–H and O–H groups in total. The molecule has 0 spiro atoms. The van der Waals surface area contributed by atoms with E-state index in [1.165, 1.54) is 0 Å². The van der Waals surface area contributed by atoms with E-state index in [1.54, 1.807) is 7.11 Å². The van der Waals surface area contributed by atoms with Crippen molar-refractivity contribution in [3.63, 3.8) is 0 Å². The zero-order valence-corrected chi connectivity index (χ0v) is 10.5. The predicted octanol–water partition coefficient (Wildman–Crippen LogP) is 1.32. The van der Waals surface area contributed by atoms with Gasteiger partial charge in [0.15, 0.2) is 0 Å². The summed E-state index contributed by atoms with van der Waals surface area (Å²) in [5.74, 6) is 0.798. The summed E-state index contributed by atoms with van der Waals surface area (Å²) in [4.78, 5) is 0. The maximum atomic E-state index is 10.9. The van der Waals surface area contributed by atoms with Crippen LogP contribution in [0.2, 0.25) is 0 Å². The van der Waals surface area contributed by atoms with Crippen LogP contribution in [0.25, 0.3) is 0 Å². The van der Waals surface area contributed by atoms with E-state index < -0.39 is 10.1 Å². The Labute approximate surface area is 100 Å². The summed E-state index contributed by atoms with van der Waals surface area (Å²) in [6.07, 6.45) is 2.41. The molecule has 6 heteroatoms. The van der Waals surface area contributed by atoms with Gasteiger partial charge in [-0.15, -0.1) is 0 Å². The van der Waals surface area contributed by atoms with Gasteiger partial charge in [0.25, 0.3) is 0 Å². The summed E-state index contributed by atoms with van der Waals surface area (Å²) in [7, 11) is -1.94. The van der Waals surface area contributed by atoms with Crippen molar-refractivity contribution in [2.24, 2.45) is 5.16 Å². The topological polar surface area (TPSA) is 65.0 Å². The fraction of sp³-hybridized carbons (Fsp3) is 0.364. The van der Waals surface area contributed by atoms with Crippen LogP contribution in [-0.2, 0) is 20.8 Å². The normalized spacial score (nSPS) is 16.9. The number of fused-ring (bicyclic) bond motifs is 1. The molecule has 1 aromatic carbocycles. The highest BCUT2D eigenvalue weighted by Gasteiger charge is 2.22. The van der Waals surface area contributed by atoms with Crippen molar-refractivity contribution >= 4 is 15.8 Å². The average molecular weight is 255 g/mol. The second-order valence-corrected chi connectivity index (χ2v) is 5.36. The molecular weight excluding hydrogens is 242 g/mol. The molecule has 1 aromatic rings. The number of methoxy groups -OCH3 is 1. The van der Waals surface area contributed by atoms with E-state index in [0.717, 1.165) is 29.6 Å². The molecule has 1 aliphatic carbocycles. The van der Waals surface area contributed by atoms with Gasteiger partial charge in [0.1, 0.15) is 5.75 Å². The maximum absolute atomic E-state index is 10.9. The molecule has 0 radical (unpaired) electrons. The van der Waals surface area contributed by atoms with E-state index >= 15 is 0 Å². The van der Waals surface area contributed by atoms with E-state index in [0.29, 0.717) is 12.1 Å². The number of hydrogen-bond donors (Lipinski definition) is 0. The fourth-order valence-electron chi connectivity index (χ4n) is 1.87. The summed E-state index contributed by atoms with van der Waals surface area (Å²) < 4.78 is 31.4. The van der Waals surface area contributed by atoms with Crippen molar-refractivity contribution in [2.45, 2.75) is 12.8 Å². The maximum Gasteiger partial charge on any atom is 0.325 e. The smallest absolute Gasteiger partial charge is 0.325 e. The summed E-state index contributed by atoms with van der Waals surface area (Å²) in [5.41, 5.74) is 2.59. The number of rotatable bonds is 3. The van der Waals surface area contributed by atoms with Crippen LogP contribution in [-0.4, -0.2) is 27.5 Å². The third-order valence-electron chi connectivity index (χ3n) is 2.56. The van der Waals surface area contributed by atoms with E-state index in [1.807, 2.05) is 18.2 Å². The monoisotopic (exact) mass is 255 g/mol. The molecule has 0 fully saturated rings. The zero-order valence-electron chi connectivity index (χ0n) is 9.63. The molecule has 1 aliphatic rings. The lowest BCUT2D eigenvalue weighted by Gasteiger charge is -2.05. The minimum absolute atomic E-state index is 0.643. The van der Waals surface area contributed by atoms with Gasteiger partial charge in [0.2, 0.25) is 0 Å². The van der Waals surface area contributed by atoms with Crippen LogP contribution in [0.5, 0.6) is 5.75 Å². The van der Waals surface area contributed by atoms with Crippen LogP contribution in [0, 0.1) is 0 Å². The van der Waals surface area contributed by atoms with Crippen LogP contribution in [0.1, 0.15) is 17.5 Å². The Bertz CT molecular complexity index is 563. The first-order valence-corrected chi connectivity index (χ1v) is 6.94. The van der Waals surface area contributed by atoms with E-state index in [2.05, 4.69) is 9.44 Å². The second kappa shape index (κ2) is 4.37. The molecule has 0 aromatic heterocycles. The first-order chi connectivity index (χ1) is 8.01. The molecule has 5 nitrogen and oxygen atoms in total. The number of nitrogens with zero attached hydrogens (tertiary/aromatic N) is 1. The van der Waals surface area contributed by atoms with Gasteiger partial charge in [-0.25, -0.2) is 0 Å². The number of hydrogen-bond acceptors (Lipinski definition) is 5. The SMILES string of the molecule is COc1cccc2c1CC/C2=N\OS(C)(=O)=O. The molecule has 0 amide bonds. The van der Waals surface area contributed by atoms with Crippen LogP contribution < -0.4 is 4.74 Å². The molecule has 0 atom stereocenters. The highest BCUT2D eigenvalue weighted by Crippen LogP contribution is 2.30.